The fourth-order valence-electron chi connectivity index (χ4n) is 3.92. The van der Waals surface area contributed by atoms with Gasteiger partial charge in [-0.05, 0) is 31.0 Å². The van der Waals surface area contributed by atoms with Crippen LogP contribution in [-0.2, 0) is 9.59 Å². The molecular formula is C21H31N3O4. The number of carbonyl (C=O) groups excluding carboxylic acids is 2. The number of hydrogen-bond donors (Lipinski definition) is 2. The zero-order valence-electron chi connectivity index (χ0n) is 16.5. The molecule has 1 aromatic carbocycles. The zero-order valence-corrected chi connectivity index (χ0v) is 16.5. The summed E-state index contributed by atoms with van der Waals surface area (Å²) in [6, 6.07) is 5.38. The lowest BCUT2D eigenvalue weighted by Crippen LogP contribution is -2.40. The summed E-state index contributed by atoms with van der Waals surface area (Å²) in [5.74, 6) is 1.44. The molecule has 0 saturated heterocycles. The predicted molar refractivity (Wildman–Crippen MR) is 108 cm³/mol. The fourth-order valence-corrected chi connectivity index (χ4v) is 3.92. The van der Waals surface area contributed by atoms with Gasteiger partial charge in [0.15, 0.2) is 11.5 Å². The van der Waals surface area contributed by atoms with Gasteiger partial charge in [0.05, 0.1) is 26.3 Å². The molecule has 3 N–H and O–H groups in total. The molecule has 1 saturated carbocycles. The van der Waals surface area contributed by atoms with Gasteiger partial charge in [-0.2, -0.15) is 0 Å². The van der Waals surface area contributed by atoms with Crippen molar-refractivity contribution >= 4 is 17.5 Å². The van der Waals surface area contributed by atoms with Crippen molar-refractivity contribution in [3.63, 3.8) is 0 Å². The van der Waals surface area contributed by atoms with E-state index in [4.69, 9.17) is 15.2 Å². The molecule has 1 fully saturated rings. The summed E-state index contributed by atoms with van der Waals surface area (Å²) in [5, 5.41) is 2.89. The van der Waals surface area contributed by atoms with Gasteiger partial charge in [-0.25, -0.2) is 0 Å². The Labute approximate surface area is 166 Å². The topological polar surface area (TPSA) is 93.9 Å². The van der Waals surface area contributed by atoms with Crippen molar-refractivity contribution in [2.24, 2.45) is 11.7 Å². The molecule has 0 atom stereocenters. The lowest BCUT2D eigenvalue weighted by molar-refractivity contribution is -0.121. The molecule has 1 aliphatic carbocycles. The van der Waals surface area contributed by atoms with Crippen LogP contribution in [0.3, 0.4) is 0 Å². The lowest BCUT2D eigenvalue weighted by Gasteiger charge is -2.26. The number of primary amides is 1. The van der Waals surface area contributed by atoms with E-state index < -0.39 is 5.91 Å². The minimum Gasteiger partial charge on any atom is -0.490 e. The van der Waals surface area contributed by atoms with Crippen LogP contribution in [0.2, 0.25) is 0 Å². The first-order chi connectivity index (χ1) is 13.6. The fraction of sp³-hybridized carbons (Fsp3) is 0.619. The lowest BCUT2D eigenvalue weighted by atomic mass is 9.87. The Kier molecular flexibility index (Phi) is 7.54. The van der Waals surface area contributed by atoms with Crippen molar-refractivity contribution in [1.82, 2.24) is 4.90 Å². The van der Waals surface area contributed by atoms with Crippen molar-refractivity contribution in [2.45, 2.75) is 44.9 Å². The van der Waals surface area contributed by atoms with Crippen molar-refractivity contribution in [3.05, 3.63) is 18.2 Å². The van der Waals surface area contributed by atoms with Gasteiger partial charge in [0.2, 0.25) is 11.8 Å². The highest BCUT2D eigenvalue weighted by Crippen LogP contribution is 2.32. The second kappa shape index (κ2) is 10.3. The van der Waals surface area contributed by atoms with Crippen molar-refractivity contribution in [3.8, 4) is 11.5 Å². The quantitative estimate of drug-likeness (QED) is 0.713. The van der Waals surface area contributed by atoms with Gasteiger partial charge in [0.25, 0.3) is 0 Å². The Balaban J connectivity index is 1.53. The largest absolute Gasteiger partial charge is 0.490 e. The molecule has 3 rings (SSSR count). The Bertz CT molecular complexity index is 674. The molecule has 1 heterocycles. The first-order valence-corrected chi connectivity index (χ1v) is 10.3. The molecule has 1 aromatic rings. The number of amides is 2. The molecule has 2 amide bonds. The number of nitrogens with zero attached hydrogens (tertiary/aromatic N) is 1. The average molecular weight is 389 g/mol. The van der Waals surface area contributed by atoms with Crippen LogP contribution in [0.1, 0.15) is 44.9 Å². The summed E-state index contributed by atoms with van der Waals surface area (Å²) in [7, 11) is 0. The summed E-state index contributed by atoms with van der Waals surface area (Å²) in [5.41, 5.74) is 6.03. The van der Waals surface area contributed by atoms with Gasteiger partial charge < -0.3 is 20.5 Å². The minimum absolute atomic E-state index is 0.0985. The van der Waals surface area contributed by atoms with Crippen LogP contribution in [0.5, 0.6) is 11.5 Å². The average Bonchev–Trinajstić information content (AvgIpc) is 2.91. The predicted octanol–water partition coefficient (Wildman–Crippen LogP) is 2.54. The van der Waals surface area contributed by atoms with Crippen LogP contribution in [0.15, 0.2) is 18.2 Å². The smallest absolute Gasteiger partial charge is 0.238 e. The number of fused-ring (bicyclic) bond motifs is 1. The van der Waals surface area contributed by atoms with Crippen LogP contribution >= 0.6 is 0 Å². The Morgan fingerprint density at radius 2 is 1.79 bits per heavy atom. The summed E-state index contributed by atoms with van der Waals surface area (Å²) in [6.07, 6.45) is 8.21. The van der Waals surface area contributed by atoms with Crippen molar-refractivity contribution < 1.29 is 19.1 Å². The Morgan fingerprint density at radius 1 is 1.04 bits per heavy atom. The molecule has 7 heteroatoms. The highest BCUT2D eigenvalue weighted by Gasteiger charge is 2.18. The number of nitrogens with one attached hydrogen (secondary N) is 1. The van der Waals surface area contributed by atoms with Gasteiger partial charge in [-0.1, -0.05) is 32.1 Å². The van der Waals surface area contributed by atoms with Gasteiger partial charge in [-0.15, -0.1) is 0 Å². The van der Waals surface area contributed by atoms with E-state index in [9.17, 15) is 9.59 Å². The monoisotopic (exact) mass is 389 g/mol. The van der Waals surface area contributed by atoms with E-state index in [1.54, 1.807) is 18.2 Å². The molecule has 1 aliphatic heterocycles. The number of hydrogen-bond acceptors (Lipinski definition) is 5. The molecule has 28 heavy (non-hydrogen) atoms. The van der Waals surface area contributed by atoms with Gasteiger partial charge in [-0.3, -0.25) is 14.5 Å². The van der Waals surface area contributed by atoms with Crippen LogP contribution in [0, 0.1) is 5.92 Å². The minimum atomic E-state index is -0.410. The maximum Gasteiger partial charge on any atom is 0.238 e. The van der Waals surface area contributed by atoms with Crippen LogP contribution < -0.4 is 20.5 Å². The first-order valence-electron chi connectivity index (χ1n) is 10.3. The normalized spacial score (nSPS) is 17.2. The molecule has 7 nitrogen and oxygen atoms in total. The van der Waals surface area contributed by atoms with E-state index in [1.807, 2.05) is 4.90 Å². The molecule has 0 radical (unpaired) electrons. The molecular weight excluding hydrogens is 358 g/mol. The van der Waals surface area contributed by atoms with E-state index in [0.29, 0.717) is 42.9 Å². The molecule has 2 aliphatic rings. The SMILES string of the molecule is NC(=O)CN(CCC1CCCCC1)CC(=O)Nc1ccc2c(c1)OCCCO2. The molecule has 0 spiro atoms. The number of carbonyl (C=O) groups is 2. The summed E-state index contributed by atoms with van der Waals surface area (Å²) < 4.78 is 11.3. The highest BCUT2D eigenvalue weighted by atomic mass is 16.5. The van der Waals surface area contributed by atoms with Crippen LogP contribution in [0.4, 0.5) is 5.69 Å². The van der Waals surface area contributed by atoms with E-state index in [1.165, 1.54) is 32.1 Å². The molecule has 0 aromatic heterocycles. The van der Waals surface area contributed by atoms with E-state index >= 15 is 0 Å². The Morgan fingerprint density at radius 3 is 2.54 bits per heavy atom. The van der Waals surface area contributed by atoms with E-state index in [2.05, 4.69) is 5.32 Å². The second-order valence-electron chi connectivity index (χ2n) is 7.73. The van der Waals surface area contributed by atoms with Crippen LogP contribution in [-0.4, -0.2) is 49.6 Å². The van der Waals surface area contributed by atoms with Crippen LogP contribution in [0.25, 0.3) is 0 Å². The second-order valence-corrected chi connectivity index (χ2v) is 7.73. The number of benzene rings is 1. The third-order valence-corrected chi connectivity index (χ3v) is 5.36. The van der Waals surface area contributed by atoms with E-state index in [-0.39, 0.29) is 19.0 Å². The number of anilines is 1. The Hall–Kier alpha value is -2.28. The van der Waals surface area contributed by atoms with Gasteiger partial charge in [0.1, 0.15) is 0 Å². The maximum absolute atomic E-state index is 12.5. The first kappa shape index (κ1) is 20.5. The summed E-state index contributed by atoms with van der Waals surface area (Å²) in [6.45, 7) is 2.17. The van der Waals surface area contributed by atoms with Gasteiger partial charge >= 0.3 is 0 Å². The molecule has 154 valence electrons. The molecule has 0 unspecified atom stereocenters. The van der Waals surface area contributed by atoms with Gasteiger partial charge in [0, 0.05) is 18.2 Å². The van der Waals surface area contributed by atoms with E-state index in [0.717, 1.165) is 12.8 Å². The third kappa shape index (κ3) is 6.41. The number of ether oxygens (including phenoxy) is 2. The number of rotatable bonds is 8. The highest BCUT2D eigenvalue weighted by molar-refractivity contribution is 5.93. The maximum atomic E-state index is 12.5. The zero-order chi connectivity index (χ0) is 19.8. The third-order valence-electron chi connectivity index (χ3n) is 5.36. The number of nitrogens with two attached hydrogens (primary N) is 1. The standard InChI is InChI=1S/C21H31N3O4/c22-20(25)14-24(10-9-16-5-2-1-3-6-16)15-21(26)23-17-7-8-18-19(13-17)28-12-4-11-27-18/h7-8,13,16H,1-6,9-12,14-15H2,(H2,22,25)(H,23,26). The summed E-state index contributed by atoms with van der Waals surface area (Å²) >= 11 is 0. The molecule has 0 bridgehead atoms. The van der Waals surface area contributed by atoms with Crippen molar-refractivity contribution in [1.29, 1.82) is 0 Å². The summed E-state index contributed by atoms with van der Waals surface area (Å²) in [4.78, 5) is 25.8. The van der Waals surface area contributed by atoms with Crippen molar-refractivity contribution in [2.75, 3.05) is 38.2 Å².